The number of methoxy groups -OCH3 is 1. The van der Waals surface area contributed by atoms with Gasteiger partial charge in [-0.05, 0) is 30.9 Å². The molecule has 0 aromatic heterocycles. The zero-order valence-electron chi connectivity index (χ0n) is 12.7. The molecule has 1 fully saturated rings. The van der Waals surface area contributed by atoms with Crippen molar-refractivity contribution in [2.24, 2.45) is 11.7 Å². The third kappa shape index (κ3) is 3.22. The van der Waals surface area contributed by atoms with Gasteiger partial charge in [0.05, 0.1) is 7.11 Å². The molecule has 6 heteroatoms. The summed E-state index contributed by atoms with van der Waals surface area (Å²) in [6, 6.07) is 6.61. The number of ether oxygens (including phenoxy) is 1. The van der Waals surface area contributed by atoms with Gasteiger partial charge in [-0.15, -0.1) is 0 Å². The predicted octanol–water partition coefficient (Wildman–Crippen LogP) is 1.83. The summed E-state index contributed by atoms with van der Waals surface area (Å²) >= 11 is 0. The van der Waals surface area contributed by atoms with E-state index in [0.29, 0.717) is 24.8 Å². The summed E-state index contributed by atoms with van der Waals surface area (Å²) in [5.74, 6) is 0.938. The van der Waals surface area contributed by atoms with Crippen molar-refractivity contribution in [3.63, 3.8) is 0 Å². The fourth-order valence-electron chi connectivity index (χ4n) is 2.97. The molecule has 1 heterocycles. The van der Waals surface area contributed by atoms with Crippen LogP contribution in [-0.2, 0) is 10.0 Å². The van der Waals surface area contributed by atoms with Crippen LogP contribution in [0.4, 0.5) is 0 Å². The molecule has 1 aliphatic rings. The van der Waals surface area contributed by atoms with Gasteiger partial charge in [-0.2, -0.15) is 4.31 Å². The summed E-state index contributed by atoms with van der Waals surface area (Å²) in [4.78, 5) is 0.223. The molecule has 1 aliphatic heterocycles. The number of benzene rings is 1. The van der Waals surface area contributed by atoms with Crippen LogP contribution in [0.2, 0.25) is 0 Å². The first-order valence-electron chi connectivity index (χ1n) is 7.39. The minimum atomic E-state index is -3.57. The Morgan fingerprint density at radius 2 is 2.10 bits per heavy atom. The third-order valence-electron chi connectivity index (χ3n) is 4.28. The maximum Gasteiger partial charge on any atom is 0.247 e. The molecule has 2 N–H and O–H groups in total. The van der Waals surface area contributed by atoms with Gasteiger partial charge in [0.15, 0.2) is 0 Å². The van der Waals surface area contributed by atoms with E-state index in [1.807, 2.05) is 0 Å². The van der Waals surface area contributed by atoms with Crippen LogP contribution in [0.5, 0.6) is 5.75 Å². The highest BCUT2D eigenvalue weighted by Crippen LogP contribution is 2.32. The predicted molar refractivity (Wildman–Crippen MR) is 82.7 cm³/mol. The third-order valence-corrected chi connectivity index (χ3v) is 6.27. The van der Waals surface area contributed by atoms with Gasteiger partial charge in [0, 0.05) is 19.1 Å². The minimum Gasteiger partial charge on any atom is -0.495 e. The van der Waals surface area contributed by atoms with Crippen LogP contribution < -0.4 is 10.5 Å². The zero-order chi connectivity index (χ0) is 15.5. The molecule has 0 bridgehead atoms. The van der Waals surface area contributed by atoms with Gasteiger partial charge in [0.25, 0.3) is 0 Å². The van der Waals surface area contributed by atoms with Crippen LogP contribution in [0.3, 0.4) is 0 Å². The molecular weight excluding hydrogens is 288 g/mol. The Hall–Kier alpha value is -1.11. The molecule has 1 aromatic rings. The van der Waals surface area contributed by atoms with Crippen LogP contribution in [-0.4, -0.2) is 39.0 Å². The second kappa shape index (κ2) is 6.77. The monoisotopic (exact) mass is 312 g/mol. The average molecular weight is 312 g/mol. The largest absolute Gasteiger partial charge is 0.495 e. The second-order valence-corrected chi connectivity index (χ2v) is 7.31. The minimum absolute atomic E-state index is 0.126. The summed E-state index contributed by atoms with van der Waals surface area (Å²) in [5, 5.41) is 0. The lowest BCUT2D eigenvalue weighted by molar-refractivity contribution is 0.197. The standard InChI is InChI=1S/C15H24N2O3S/c1-3-12-8-9-17(13(10-12)11-16)21(18,19)15-7-5-4-6-14(15)20-2/h4-7,12-13H,3,8-11,16H2,1-2H3. The summed E-state index contributed by atoms with van der Waals surface area (Å²) in [6.45, 7) is 3.02. The topological polar surface area (TPSA) is 72.6 Å². The molecule has 1 aromatic carbocycles. The van der Waals surface area contributed by atoms with E-state index in [2.05, 4.69) is 6.92 Å². The maximum absolute atomic E-state index is 12.9. The number of para-hydroxylation sites is 1. The number of piperidine rings is 1. The van der Waals surface area contributed by atoms with Crippen molar-refractivity contribution in [2.75, 3.05) is 20.2 Å². The van der Waals surface area contributed by atoms with Crippen LogP contribution in [0.1, 0.15) is 26.2 Å². The Bertz CT molecular complexity index is 574. The molecule has 2 unspecified atom stereocenters. The second-order valence-electron chi connectivity index (χ2n) is 5.45. The smallest absolute Gasteiger partial charge is 0.247 e. The van der Waals surface area contributed by atoms with Crippen molar-refractivity contribution in [1.29, 1.82) is 0 Å². The van der Waals surface area contributed by atoms with Gasteiger partial charge in [0.1, 0.15) is 10.6 Å². The first-order valence-corrected chi connectivity index (χ1v) is 8.83. The Morgan fingerprint density at radius 1 is 1.38 bits per heavy atom. The summed E-state index contributed by atoms with van der Waals surface area (Å²) in [5.41, 5.74) is 5.82. The molecule has 2 atom stereocenters. The number of nitrogens with two attached hydrogens (primary N) is 1. The fourth-order valence-corrected chi connectivity index (χ4v) is 4.79. The highest BCUT2D eigenvalue weighted by atomic mass is 32.2. The van der Waals surface area contributed by atoms with Crippen molar-refractivity contribution < 1.29 is 13.2 Å². The van der Waals surface area contributed by atoms with Crippen LogP contribution >= 0.6 is 0 Å². The molecule has 0 radical (unpaired) electrons. The Kier molecular flexibility index (Phi) is 5.24. The molecule has 0 spiro atoms. The Balaban J connectivity index is 2.34. The van der Waals surface area contributed by atoms with E-state index in [0.717, 1.165) is 19.3 Å². The molecule has 2 rings (SSSR count). The molecule has 21 heavy (non-hydrogen) atoms. The van der Waals surface area contributed by atoms with E-state index in [1.165, 1.54) is 7.11 Å². The average Bonchev–Trinajstić information content (AvgIpc) is 2.53. The maximum atomic E-state index is 12.9. The zero-order valence-corrected chi connectivity index (χ0v) is 13.5. The summed E-state index contributed by atoms with van der Waals surface area (Å²) < 4.78 is 32.6. The number of hydrogen-bond donors (Lipinski definition) is 1. The number of nitrogens with zero attached hydrogens (tertiary/aromatic N) is 1. The van der Waals surface area contributed by atoms with Crippen molar-refractivity contribution in [3.05, 3.63) is 24.3 Å². The van der Waals surface area contributed by atoms with Gasteiger partial charge in [0.2, 0.25) is 10.0 Å². The van der Waals surface area contributed by atoms with Gasteiger partial charge >= 0.3 is 0 Å². The SMILES string of the molecule is CCC1CCN(S(=O)(=O)c2ccccc2OC)C(CN)C1. The summed E-state index contributed by atoms with van der Waals surface area (Å²) in [6.07, 6.45) is 2.79. The van der Waals surface area contributed by atoms with E-state index < -0.39 is 10.0 Å². The van der Waals surface area contributed by atoms with Crippen LogP contribution in [0, 0.1) is 5.92 Å². The fraction of sp³-hybridized carbons (Fsp3) is 0.600. The van der Waals surface area contributed by atoms with Gasteiger partial charge in [-0.1, -0.05) is 25.5 Å². The van der Waals surface area contributed by atoms with Gasteiger partial charge in [-0.25, -0.2) is 8.42 Å². The Labute approximate surface area is 127 Å². The van der Waals surface area contributed by atoms with Crippen molar-refractivity contribution in [2.45, 2.75) is 37.1 Å². The number of hydrogen-bond acceptors (Lipinski definition) is 4. The highest BCUT2D eigenvalue weighted by molar-refractivity contribution is 7.89. The van der Waals surface area contributed by atoms with Crippen molar-refractivity contribution in [1.82, 2.24) is 4.31 Å². The molecule has 118 valence electrons. The Morgan fingerprint density at radius 3 is 2.71 bits per heavy atom. The molecule has 5 nitrogen and oxygen atoms in total. The van der Waals surface area contributed by atoms with E-state index in [-0.39, 0.29) is 10.9 Å². The normalized spacial score (nSPS) is 24.0. The first kappa shape index (κ1) is 16.3. The lowest BCUT2D eigenvalue weighted by Gasteiger charge is -2.37. The van der Waals surface area contributed by atoms with Gasteiger partial charge in [-0.3, -0.25) is 0 Å². The molecule has 0 aliphatic carbocycles. The lowest BCUT2D eigenvalue weighted by Crippen LogP contribution is -2.49. The lowest BCUT2D eigenvalue weighted by atomic mass is 9.90. The molecule has 0 amide bonds. The van der Waals surface area contributed by atoms with Crippen molar-refractivity contribution >= 4 is 10.0 Å². The highest BCUT2D eigenvalue weighted by Gasteiger charge is 2.36. The van der Waals surface area contributed by atoms with E-state index in [9.17, 15) is 8.42 Å². The van der Waals surface area contributed by atoms with Crippen molar-refractivity contribution in [3.8, 4) is 5.75 Å². The quantitative estimate of drug-likeness (QED) is 0.900. The molecular formula is C15H24N2O3S. The van der Waals surface area contributed by atoms with Crippen LogP contribution in [0.15, 0.2) is 29.2 Å². The number of rotatable bonds is 5. The van der Waals surface area contributed by atoms with E-state index >= 15 is 0 Å². The van der Waals surface area contributed by atoms with E-state index in [4.69, 9.17) is 10.5 Å². The molecule has 1 saturated heterocycles. The van der Waals surface area contributed by atoms with Crippen LogP contribution in [0.25, 0.3) is 0 Å². The van der Waals surface area contributed by atoms with Gasteiger partial charge < -0.3 is 10.5 Å². The number of sulfonamides is 1. The van der Waals surface area contributed by atoms with E-state index in [1.54, 1.807) is 28.6 Å². The molecule has 0 saturated carbocycles. The first-order chi connectivity index (χ1) is 10.0. The summed E-state index contributed by atoms with van der Waals surface area (Å²) in [7, 11) is -2.09.